The first-order valence-corrected chi connectivity index (χ1v) is 11.8. The standard InChI is InChI=1S/C21H21Cl2N3O4S/c22-18-7-1-14(13-19(18)23)2-8-20(27)26-11-9-15(10-12-26)21(28)25-16-3-5-17(6-4-16)31(24,29)30/h1-8,13,15H,9-12H2,(H,25,28)(H2,24,29,30). The molecule has 2 aromatic rings. The van der Waals surface area contributed by atoms with Crippen LogP contribution >= 0.6 is 23.2 Å². The minimum atomic E-state index is -3.78. The van der Waals surface area contributed by atoms with Crippen LogP contribution in [0.5, 0.6) is 0 Å². The van der Waals surface area contributed by atoms with E-state index in [0.29, 0.717) is 41.7 Å². The number of nitrogens with one attached hydrogen (secondary N) is 1. The summed E-state index contributed by atoms with van der Waals surface area (Å²) < 4.78 is 22.6. The first kappa shape index (κ1) is 23.3. The number of sulfonamides is 1. The molecule has 3 rings (SSSR count). The van der Waals surface area contributed by atoms with Crippen molar-refractivity contribution in [2.75, 3.05) is 18.4 Å². The van der Waals surface area contributed by atoms with Crippen molar-refractivity contribution in [3.63, 3.8) is 0 Å². The molecule has 0 atom stereocenters. The summed E-state index contributed by atoms with van der Waals surface area (Å²) in [7, 11) is -3.78. The molecule has 0 radical (unpaired) electrons. The monoisotopic (exact) mass is 481 g/mol. The zero-order chi connectivity index (χ0) is 22.6. The molecule has 1 aliphatic heterocycles. The van der Waals surface area contributed by atoms with Crippen molar-refractivity contribution in [1.29, 1.82) is 0 Å². The Kier molecular flexibility index (Phi) is 7.38. The van der Waals surface area contributed by atoms with Gasteiger partial charge in [-0.05, 0) is 60.9 Å². The van der Waals surface area contributed by atoms with Gasteiger partial charge in [-0.2, -0.15) is 0 Å². The summed E-state index contributed by atoms with van der Waals surface area (Å²) in [4.78, 5) is 26.6. The van der Waals surface area contributed by atoms with Crippen LogP contribution in [0.25, 0.3) is 6.08 Å². The van der Waals surface area contributed by atoms with Crippen molar-refractivity contribution in [2.45, 2.75) is 17.7 Å². The summed E-state index contributed by atoms with van der Waals surface area (Å²) in [5, 5.41) is 8.71. The van der Waals surface area contributed by atoms with E-state index >= 15 is 0 Å². The number of primary sulfonamides is 1. The van der Waals surface area contributed by atoms with Gasteiger partial charge in [0.15, 0.2) is 0 Å². The Morgan fingerprint density at radius 2 is 1.68 bits per heavy atom. The fourth-order valence-corrected chi connectivity index (χ4v) is 4.05. The van der Waals surface area contributed by atoms with Gasteiger partial charge < -0.3 is 10.2 Å². The van der Waals surface area contributed by atoms with Crippen molar-refractivity contribution >= 4 is 56.8 Å². The van der Waals surface area contributed by atoms with E-state index in [1.165, 1.54) is 30.3 Å². The number of amides is 2. The molecule has 10 heteroatoms. The van der Waals surface area contributed by atoms with Gasteiger partial charge in [-0.1, -0.05) is 29.3 Å². The van der Waals surface area contributed by atoms with Gasteiger partial charge in [0.25, 0.3) is 0 Å². The molecule has 1 heterocycles. The van der Waals surface area contributed by atoms with Crippen molar-refractivity contribution in [1.82, 2.24) is 4.90 Å². The maximum Gasteiger partial charge on any atom is 0.246 e. The smallest absolute Gasteiger partial charge is 0.246 e. The maximum absolute atomic E-state index is 12.5. The third-order valence-electron chi connectivity index (χ3n) is 4.99. The van der Waals surface area contributed by atoms with Crippen molar-refractivity contribution in [3.8, 4) is 0 Å². The number of piperidine rings is 1. The number of benzene rings is 2. The number of hydrogen-bond acceptors (Lipinski definition) is 4. The normalized spacial score (nSPS) is 15.3. The lowest BCUT2D eigenvalue weighted by molar-refractivity contribution is -0.130. The highest BCUT2D eigenvalue weighted by Crippen LogP contribution is 2.24. The van der Waals surface area contributed by atoms with Gasteiger partial charge >= 0.3 is 0 Å². The molecule has 2 amide bonds. The lowest BCUT2D eigenvalue weighted by Crippen LogP contribution is -2.40. The van der Waals surface area contributed by atoms with Crippen LogP contribution in [-0.4, -0.2) is 38.2 Å². The predicted molar refractivity (Wildman–Crippen MR) is 121 cm³/mol. The molecule has 0 aromatic heterocycles. The summed E-state index contributed by atoms with van der Waals surface area (Å²) in [5.74, 6) is -0.536. The molecule has 31 heavy (non-hydrogen) atoms. The lowest BCUT2D eigenvalue weighted by Gasteiger charge is -2.30. The molecule has 0 unspecified atom stereocenters. The molecule has 1 saturated heterocycles. The molecule has 7 nitrogen and oxygen atoms in total. The number of hydrogen-bond donors (Lipinski definition) is 2. The predicted octanol–water partition coefficient (Wildman–Crippen LogP) is 3.53. The second-order valence-electron chi connectivity index (χ2n) is 7.17. The van der Waals surface area contributed by atoms with E-state index in [4.69, 9.17) is 28.3 Å². The van der Waals surface area contributed by atoms with Gasteiger partial charge in [-0.15, -0.1) is 0 Å². The van der Waals surface area contributed by atoms with Crippen LogP contribution in [0.4, 0.5) is 5.69 Å². The molecular formula is C21H21Cl2N3O4S. The number of carbonyl (C=O) groups excluding carboxylic acids is 2. The quantitative estimate of drug-likeness (QED) is 0.636. The highest BCUT2D eigenvalue weighted by Gasteiger charge is 2.26. The fraction of sp³-hybridized carbons (Fsp3) is 0.238. The molecule has 164 valence electrons. The molecule has 3 N–H and O–H groups in total. The number of rotatable bonds is 5. The zero-order valence-corrected chi connectivity index (χ0v) is 18.8. The zero-order valence-electron chi connectivity index (χ0n) is 16.4. The summed E-state index contributed by atoms with van der Waals surface area (Å²) >= 11 is 11.9. The van der Waals surface area contributed by atoms with Gasteiger partial charge in [0.1, 0.15) is 0 Å². The van der Waals surface area contributed by atoms with E-state index < -0.39 is 10.0 Å². The molecule has 2 aromatic carbocycles. The van der Waals surface area contributed by atoms with Crippen LogP contribution < -0.4 is 10.5 Å². The maximum atomic E-state index is 12.5. The number of likely N-dealkylation sites (tertiary alicyclic amines) is 1. The summed E-state index contributed by atoms with van der Waals surface area (Å²) in [6.07, 6.45) is 4.22. The van der Waals surface area contributed by atoms with E-state index in [9.17, 15) is 18.0 Å². The number of anilines is 1. The molecule has 0 spiro atoms. The third-order valence-corrected chi connectivity index (χ3v) is 6.66. The Bertz CT molecular complexity index is 1110. The SMILES string of the molecule is NS(=O)(=O)c1ccc(NC(=O)C2CCN(C(=O)C=Cc3ccc(Cl)c(Cl)c3)CC2)cc1. The van der Waals surface area contributed by atoms with Crippen LogP contribution in [-0.2, 0) is 19.6 Å². The van der Waals surface area contributed by atoms with E-state index in [1.807, 2.05) is 0 Å². The average molecular weight is 482 g/mol. The van der Waals surface area contributed by atoms with Crippen LogP contribution in [0.3, 0.4) is 0 Å². The largest absolute Gasteiger partial charge is 0.339 e. The van der Waals surface area contributed by atoms with Crippen molar-refractivity contribution in [3.05, 3.63) is 64.1 Å². The van der Waals surface area contributed by atoms with E-state index in [2.05, 4.69) is 5.32 Å². The Balaban J connectivity index is 1.51. The van der Waals surface area contributed by atoms with Gasteiger partial charge in [0, 0.05) is 30.8 Å². The number of halogens is 2. The third kappa shape index (κ3) is 6.30. The Hall–Kier alpha value is -2.39. The minimum absolute atomic E-state index is 0.0220. The van der Waals surface area contributed by atoms with Crippen molar-refractivity contribution < 1.29 is 18.0 Å². The molecule has 1 aliphatic rings. The van der Waals surface area contributed by atoms with Crippen LogP contribution in [0.1, 0.15) is 18.4 Å². The summed E-state index contributed by atoms with van der Waals surface area (Å²) in [6.45, 7) is 0.931. The Morgan fingerprint density at radius 3 is 2.26 bits per heavy atom. The molecule has 1 fully saturated rings. The second-order valence-corrected chi connectivity index (χ2v) is 9.54. The number of nitrogens with zero attached hydrogens (tertiary/aromatic N) is 1. The molecule has 0 aliphatic carbocycles. The van der Waals surface area contributed by atoms with Crippen LogP contribution in [0, 0.1) is 5.92 Å². The number of nitrogens with two attached hydrogens (primary N) is 1. The average Bonchev–Trinajstić information content (AvgIpc) is 2.74. The highest BCUT2D eigenvalue weighted by molar-refractivity contribution is 7.89. The minimum Gasteiger partial charge on any atom is -0.339 e. The van der Waals surface area contributed by atoms with E-state index in [0.717, 1.165) is 5.56 Å². The second kappa shape index (κ2) is 9.82. The lowest BCUT2D eigenvalue weighted by atomic mass is 9.95. The van der Waals surface area contributed by atoms with Crippen LogP contribution in [0.15, 0.2) is 53.4 Å². The van der Waals surface area contributed by atoms with Gasteiger partial charge in [-0.25, -0.2) is 13.6 Å². The fourth-order valence-electron chi connectivity index (χ4n) is 3.22. The van der Waals surface area contributed by atoms with Gasteiger partial charge in [-0.3, -0.25) is 9.59 Å². The summed E-state index contributed by atoms with van der Waals surface area (Å²) in [5.41, 5.74) is 1.26. The van der Waals surface area contributed by atoms with Crippen molar-refractivity contribution in [2.24, 2.45) is 11.1 Å². The molecule has 0 saturated carbocycles. The number of carbonyl (C=O) groups is 2. The first-order valence-electron chi connectivity index (χ1n) is 9.49. The first-order chi connectivity index (χ1) is 14.6. The van der Waals surface area contributed by atoms with Crippen LogP contribution in [0.2, 0.25) is 10.0 Å². The topological polar surface area (TPSA) is 110 Å². The highest BCUT2D eigenvalue weighted by atomic mass is 35.5. The van der Waals surface area contributed by atoms with E-state index in [-0.39, 0.29) is 22.6 Å². The Morgan fingerprint density at radius 1 is 1.03 bits per heavy atom. The molecule has 0 bridgehead atoms. The van der Waals surface area contributed by atoms with Gasteiger partial charge in [0.05, 0.1) is 14.9 Å². The van der Waals surface area contributed by atoms with Gasteiger partial charge in [0.2, 0.25) is 21.8 Å². The Labute approximate surface area is 190 Å². The molecular weight excluding hydrogens is 461 g/mol. The van der Waals surface area contributed by atoms with E-state index in [1.54, 1.807) is 29.2 Å². The summed E-state index contributed by atoms with van der Waals surface area (Å²) in [6, 6.07) is 10.8.